The molecule has 1 aromatic carbocycles. The van der Waals surface area contributed by atoms with Crippen LogP contribution in [0.1, 0.15) is 22.1 Å². The lowest BCUT2D eigenvalue weighted by molar-refractivity contribution is -0.136. The Bertz CT molecular complexity index is 841. The van der Waals surface area contributed by atoms with Crippen LogP contribution in [-0.4, -0.2) is 59.9 Å². The van der Waals surface area contributed by atoms with Gasteiger partial charge >= 0.3 is 0 Å². The smallest absolute Gasteiger partial charge is 0.275 e. The number of likely N-dealkylation sites (tertiary alicyclic amines) is 2. The Morgan fingerprint density at radius 1 is 1.33 bits per heavy atom. The van der Waals surface area contributed by atoms with Gasteiger partial charge in [0.1, 0.15) is 18.7 Å². The summed E-state index contributed by atoms with van der Waals surface area (Å²) in [5.74, 6) is -0.511. The highest BCUT2D eigenvalue weighted by Crippen LogP contribution is 2.45. The molecule has 27 heavy (non-hydrogen) atoms. The second-order valence-corrected chi connectivity index (χ2v) is 6.99. The molecule has 0 spiro atoms. The molecule has 142 valence electrons. The average Bonchev–Trinajstić information content (AvgIpc) is 3.37. The molecule has 0 N–H and O–H groups in total. The summed E-state index contributed by atoms with van der Waals surface area (Å²) in [5.41, 5.74) is 1.01. The summed E-state index contributed by atoms with van der Waals surface area (Å²) in [6.07, 6.45) is 2.56. The minimum absolute atomic E-state index is 0.0210. The molecular formula is C19H20FN3O4. The quantitative estimate of drug-likeness (QED) is 0.816. The predicted molar refractivity (Wildman–Crippen MR) is 92.1 cm³/mol. The SMILES string of the molecule is COCC(=O)N1C[C@H]2CN(C(=O)c3cocn3)C[C@H]2[C@@H]1c1cccc(F)c1. The van der Waals surface area contributed by atoms with Gasteiger partial charge in [0.2, 0.25) is 5.91 Å². The molecule has 8 heteroatoms. The van der Waals surface area contributed by atoms with Gasteiger partial charge in [0.15, 0.2) is 12.1 Å². The first-order chi connectivity index (χ1) is 13.1. The lowest BCUT2D eigenvalue weighted by atomic mass is 9.89. The molecule has 0 radical (unpaired) electrons. The van der Waals surface area contributed by atoms with Crippen molar-refractivity contribution in [2.24, 2.45) is 11.8 Å². The summed E-state index contributed by atoms with van der Waals surface area (Å²) in [4.78, 5) is 32.6. The number of hydrogen-bond donors (Lipinski definition) is 0. The Kier molecular flexibility index (Phi) is 4.65. The monoisotopic (exact) mass is 373 g/mol. The molecule has 3 atom stereocenters. The number of oxazole rings is 1. The molecule has 3 heterocycles. The Labute approximate surface area is 155 Å². The Balaban J connectivity index is 1.61. The van der Waals surface area contributed by atoms with Crippen molar-refractivity contribution in [3.8, 4) is 0 Å². The number of amides is 2. The number of carbonyl (C=O) groups is 2. The van der Waals surface area contributed by atoms with E-state index in [-0.39, 0.29) is 47.8 Å². The highest BCUT2D eigenvalue weighted by atomic mass is 19.1. The maximum absolute atomic E-state index is 13.8. The second kappa shape index (κ2) is 7.11. The Morgan fingerprint density at radius 3 is 2.89 bits per heavy atom. The standard InChI is InChI=1S/C19H20FN3O4/c1-26-10-17(24)23-7-13-6-22(19(25)16-9-27-11-21-16)8-15(13)18(23)12-3-2-4-14(20)5-12/h2-5,9,11,13,15,18H,6-8,10H2,1H3/t13-,15-,18+/m1/s1. The lowest BCUT2D eigenvalue weighted by Crippen LogP contribution is -2.39. The number of ether oxygens (including phenoxy) is 1. The van der Waals surface area contributed by atoms with Gasteiger partial charge in [-0.3, -0.25) is 9.59 Å². The number of aromatic nitrogens is 1. The topological polar surface area (TPSA) is 75.9 Å². The fourth-order valence-electron chi connectivity index (χ4n) is 4.27. The Morgan fingerprint density at radius 2 is 2.19 bits per heavy atom. The zero-order valence-corrected chi connectivity index (χ0v) is 14.9. The maximum Gasteiger partial charge on any atom is 0.275 e. The summed E-state index contributed by atoms with van der Waals surface area (Å²) >= 11 is 0. The number of benzene rings is 1. The van der Waals surface area contributed by atoms with Gasteiger partial charge < -0.3 is 19.0 Å². The van der Waals surface area contributed by atoms with Crippen LogP contribution in [0.5, 0.6) is 0 Å². The lowest BCUT2D eigenvalue weighted by Gasteiger charge is -2.29. The number of nitrogens with zero attached hydrogens (tertiary/aromatic N) is 3. The number of fused-ring (bicyclic) bond motifs is 1. The molecule has 2 amide bonds. The molecule has 2 fully saturated rings. The van der Waals surface area contributed by atoms with E-state index in [1.54, 1.807) is 15.9 Å². The minimum Gasteiger partial charge on any atom is -0.451 e. The van der Waals surface area contributed by atoms with Crippen molar-refractivity contribution < 1.29 is 23.1 Å². The first-order valence-corrected chi connectivity index (χ1v) is 8.80. The third kappa shape index (κ3) is 3.21. The molecule has 2 saturated heterocycles. The molecule has 0 saturated carbocycles. The van der Waals surface area contributed by atoms with E-state index in [4.69, 9.17) is 9.15 Å². The molecular weight excluding hydrogens is 353 g/mol. The maximum atomic E-state index is 13.8. The van der Waals surface area contributed by atoms with E-state index in [0.717, 1.165) is 5.56 Å². The van der Waals surface area contributed by atoms with Gasteiger partial charge in [-0.05, 0) is 17.7 Å². The van der Waals surface area contributed by atoms with Crippen LogP contribution >= 0.6 is 0 Å². The third-order valence-electron chi connectivity index (χ3n) is 5.38. The van der Waals surface area contributed by atoms with Crippen molar-refractivity contribution >= 4 is 11.8 Å². The van der Waals surface area contributed by atoms with Crippen LogP contribution in [0.15, 0.2) is 41.3 Å². The summed E-state index contributed by atoms with van der Waals surface area (Å²) in [7, 11) is 1.48. The molecule has 2 aromatic rings. The number of halogens is 1. The fraction of sp³-hybridized carbons (Fsp3) is 0.421. The first kappa shape index (κ1) is 17.7. The molecule has 0 aliphatic carbocycles. The minimum atomic E-state index is -0.344. The first-order valence-electron chi connectivity index (χ1n) is 8.80. The number of methoxy groups -OCH3 is 1. The van der Waals surface area contributed by atoms with Crippen molar-refractivity contribution in [3.63, 3.8) is 0 Å². The van der Waals surface area contributed by atoms with Crippen LogP contribution in [-0.2, 0) is 9.53 Å². The summed E-state index contributed by atoms with van der Waals surface area (Å²) in [6.45, 7) is 1.50. The van der Waals surface area contributed by atoms with Gasteiger partial charge in [-0.1, -0.05) is 12.1 Å². The third-order valence-corrected chi connectivity index (χ3v) is 5.38. The zero-order valence-electron chi connectivity index (χ0n) is 14.9. The van der Waals surface area contributed by atoms with Gasteiger partial charge in [-0.15, -0.1) is 0 Å². The normalized spacial score (nSPS) is 24.3. The van der Waals surface area contributed by atoms with Gasteiger partial charge in [0.05, 0.1) is 6.04 Å². The largest absolute Gasteiger partial charge is 0.451 e. The molecule has 0 bridgehead atoms. The zero-order chi connectivity index (χ0) is 19.0. The van der Waals surface area contributed by atoms with Crippen molar-refractivity contribution in [3.05, 3.63) is 54.0 Å². The van der Waals surface area contributed by atoms with Gasteiger partial charge in [0, 0.05) is 38.6 Å². The average molecular weight is 373 g/mol. The van der Waals surface area contributed by atoms with Gasteiger partial charge in [0.25, 0.3) is 5.91 Å². The van der Waals surface area contributed by atoms with Crippen LogP contribution in [0.3, 0.4) is 0 Å². The summed E-state index contributed by atoms with van der Waals surface area (Å²) < 4.78 is 23.7. The van der Waals surface area contributed by atoms with Crippen LogP contribution in [0, 0.1) is 17.7 Å². The van der Waals surface area contributed by atoms with Crippen molar-refractivity contribution in [1.82, 2.24) is 14.8 Å². The molecule has 1 aromatic heterocycles. The molecule has 2 aliphatic heterocycles. The van der Waals surface area contributed by atoms with Crippen LogP contribution < -0.4 is 0 Å². The molecule has 7 nitrogen and oxygen atoms in total. The molecule has 0 unspecified atom stereocenters. The molecule has 4 rings (SSSR count). The van der Waals surface area contributed by atoms with E-state index < -0.39 is 0 Å². The van der Waals surface area contributed by atoms with E-state index in [1.165, 1.54) is 31.9 Å². The van der Waals surface area contributed by atoms with Crippen molar-refractivity contribution in [2.45, 2.75) is 6.04 Å². The Hall–Kier alpha value is -2.74. The highest BCUT2D eigenvalue weighted by Gasteiger charge is 2.50. The predicted octanol–water partition coefficient (Wildman–Crippen LogP) is 1.73. The van der Waals surface area contributed by atoms with E-state index in [1.807, 2.05) is 6.07 Å². The van der Waals surface area contributed by atoms with Gasteiger partial charge in [-0.2, -0.15) is 0 Å². The second-order valence-electron chi connectivity index (χ2n) is 6.99. The fourth-order valence-corrected chi connectivity index (χ4v) is 4.27. The number of rotatable bonds is 4. The highest BCUT2D eigenvalue weighted by molar-refractivity contribution is 5.92. The van der Waals surface area contributed by atoms with Crippen molar-refractivity contribution in [1.29, 1.82) is 0 Å². The van der Waals surface area contributed by atoms with Crippen LogP contribution in [0.4, 0.5) is 4.39 Å². The number of hydrogen-bond acceptors (Lipinski definition) is 5. The van der Waals surface area contributed by atoms with Crippen LogP contribution in [0.2, 0.25) is 0 Å². The van der Waals surface area contributed by atoms with E-state index >= 15 is 0 Å². The van der Waals surface area contributed by atoms with Gasteiger partial charge in [-0.25, -0.2) is 9.37 Å². The summed E-state index contributed by atoms with van der Waals surface area (Å²) in [5, 5.41) is 0. The molecule has 2 aliphatic rings. The van der Waals surface area contributed by atoms with Crippen molar-refractivity contribution in [2.75, 3.05) is 33.4 Å². The number of carbonyl (C=O) groups excluding carboxylic acids is 2. The van der Waals surface area contributed by atoms with E-state index in [0.29, 0.717) is 19.6 Å². The van der Waals surface area contributed by atoms with Crippen LogP contribution in [0.25, 0.3) is 0 Å². The van der Waals surface area contributed by atoms with E-state index in [9.17, 15) is 14.0 Å². The summed E-state index contributed by atoms with van der Waals surface area (Å²) in [6, 6.07) is 6.02. The van der Waals surface area contributed by atoms with E-state index in [2.05, 4.69) is 4.98 Å².